The molecule has 24 heavy (non-hydrogen) atoms. The van der Waals surface area contributed by atoms with Crippen molar-refractivity contribution in [3.05, 3.63) is 58.6 Å². The van der Waals surface area contributed by atoms with Gasteiger partial charge in [0.1, 0.15) is 5.75 Å². The van der Waals surface area contributed by atoms with Crippen LogP contribution in [0.2, 0.25) is 0 Å². The summed E-state index contributed by atoms with van der Waals surface area (Å²) in [6, 6.07) is 14.1. The maximum atomic E-state index is 11.8. The van der Waals surface area contributed by atoms with E-state index >= 15 is 0 Å². The molecular weight excluding hydrogens is 392 g/mol. The Labute approximate surface area is 153 Å². The highest BCUT2D eigenvalue weighted by Crippen LogP contribution is 2.18. The Hall–Kier alpha value is -1.99. The number of hydrogen-bond acceptors (Lipinski definition) is 4. The van der Waals surface area contributed by atoms with E-state index in [1.54, 1.807) is 24.3 Å². The van der Waals surface area contributed by atoms with Crippen molar-refractivity contribution in [2.24, 2.45) is 5.73 Å². The van der Waals surface area contributed by atoms with E-state index in [1.165, 1.54) is 11.8 Å². The first kappa shape index (κ1) is 18.4. The number of rotatable bonds is 8. The molecule has 0 spiro atoms. The quantitative estimate of drug-likeness (QED) is 0.656. The lowest BCUT2D eigenvalue weighted by Gasteiger charge is -2.07. The summed E-state index contributed by atoms with van der Waals surface area (Å²) in [4.78, 5) is 22.8. The number of nitrogens with one attached hydrogen (secondary N) is 1. The molecule has 0 aliphatic heterocycles. The van der Waals surface area contributed by atoms with Gasteiger partial charge in [-0.05, 0) is 42.5 Å². The number of amides is 2. The number of benzene rings is 2. The van der Waals surface area contributed by atoms with Gasteiger partial charge in [0.05, 0.1) is 12.4 Å². The molecule has 3 N–H and O–H groups in total. The van der Waals surface area contributed by atoms with E-state index in [1.807, 2.05) is 24.3 Å². The first-order chi connectivity index (χ1) is 11.5. The Balaban J connectivity index is 1.65. The molecule has 0 aromatic heterocycles. The summed E-state index contributed by atoms with van der Waals surface area (Å²) in [6.45, 7) is 0.529. The van der Waals surface area contributed by atoms with E-state index in [0.29, 0.717) is 29.4 Å². The Morgan fingerprint density at radius 3 is 2.58 bits per heavy atom. The summed E-state index contributed by atoms with van der Waals surface area (Å²) < 4.78 is 6.56. The first-order valence-corrected chi connectivity index (χ1v) is 9.15. The Bertz CT molecular complexity index is 707. The smallest absolute Gasteiger partial charge is 0.248 e. The fourth-order valence-corrected chi connectivity index (χ4v) is 2.84. The molecule has 2 aromatic rings. The number of anilines is 1. The highest BCUT2D eigenvalue weighted by atomic mass is 79.9. The van der Waals surface area contributed by atoms with Gasteiger partial charge in [-0.25, -0.2) is 0 Å². The monoisotopic (exact) mass is 408 g/mol. The number of carbonyl (C=O) groups excluding carboxylic acids is 2. The van der Waals surface area contributed by atoms with Crippen LogP contribution in [0, 0.1) is 0 Å². The molecule has 0 aliphatic carbocycles. The Kier molecular flexibility index (Phi) is 7.14. The number of halogens is 1. The molecule has 2 rings (SSSR count). The highest BCUT2D eigenvalue weighted by Gasteiger charge is 2.04. The van der Waals surface area contributed by atoms with Crippen molar-refractivity contribution in [2.75, 3.05) is 23.4 Å². The maximum absolute atomic E-state index is 11.8. The van der Waals surface area contributed by atoms with Gasteiger partial charge >= 0.3 is 0 Å². The molecule has 2 amide bonds. The van der Waals surface area contributed by atoms with Crippen molar-refractivity contribution in [1.29, 1.82) is 0 Å². The minimum absolute atomic E-state index is 0.103. The van der Waals surface area contributed by atoms with Crippen LogP contribution in [-0.2, 0) is 4.79 Å². The number of primary amides is 1. The molecule has 0 radical (unpaired) electrons. The summed E-state index contributed by atoms with van der Waals surface area (Å²) in [5.41, 5.74) is 6.21. The standard InChI is InChI=1S/C17H17BrN2O3S/c18-13-2-1-3-15(10-13)23-8-9-24-11-16(21)20-14-6-4-12(5-7-14)17(19)22/h1-7,10H,8-9,11H2,(H2,19,22)(H,20,21). The second kappa shape index (κ2) is 9.34. The zero-order chi connectivity index (χ0) is 17.4. The third kappa shape index (κ3) is 6.25. The van der Waals surface area contributed by atoms with E-state index in [2.05, 4.69) is 21.2 Å². The lowest BCUT2D eigenvalue weighted by Crippen LogP contribution is -2.15. The van der Waals surface area contributed by atoms with Crippen LogP contribution in [0.4, 0.5) is 5.69 Å². The van der Waals surface area contributed by atoms with Crippen molar-refractivity contribution < 1.29 is 14.3 Å². The van der Waals surface area contributed by atoms with Crippen LogP contribution in [0.1, 0.15) is 10.4 Å². The molecule has 0 bridgehead atoms. The SMILES string of the molecule is NC(=O)c1ccc(NC(=O)CSCCOc2cccc(Br)c2)cc1. The van der Waals surface area contributed by atoms with E-state index in [9.17, 15) is 9.59 Å². The zero-order valence-corrected chi connectivity index (χ0v) is 15.2. The minimum Gasteiger partial charge on any atom is -0.493 e. The molecule has 2 aromatic carbocycles. The lowest BCUT2D eigenvalue weighted by molar-refractivity contribution is -0.113. The average Bonchev–Trinajstić information content (AvgIpc) is 2.55. The van der Waals surface area contributed by atoms with Crippen molar-refractivity contribution in [3.63, 3.8) is 0 Å². The normalized spacial score (nSPS) is 10.2. The van der Waals surface area contributed by atoms with Crippen LogP contribution in [0.3, 0.4) is 0 Å². The van der Waals surface area contributed by atoms with E-state index in [0.717, 1.165) is 10.2 Å². The van der Waals surface area contributed by atoms with Gasteiger partial charge in [0.2, 0.25) is 11.8 Å². The second-order valence-electron chi connectivity index (χ2n) is 4.85. The van der Waals surface area contributed by atoms with Crippen LogP contribution >= 0.6 is 27.7 Å². The van der Waals surface area contributed by atoms with Crippen LogP contribution in [0.5, 0.6) is 5.75 Å². The van der Waals surface area contributed by atoms with Crippen molar-refractivity contribution in [2.45, 2.75) is 0 Å². The Morgan fingerprint density at radius 2 is 1.92 bits per heavy atom. The molecule has 126 valence electrons. The highest BCUT2D eigenvalue weighted by molar-refractivity contribution is 9.10. The second-order valence-corrected chi connectivity index (χ2v) is 6.87. The maximum Gasteiger partial charge on any atom is 0.248 e. The van der Waals surface area contributed by atoms with Crippen LogP contribution in [0.25, 0.3) is 0 Å². The molecule has 0 fully saturated rings. The van der Waals surface area contributed by atoms with Crippen molar-refractivity contribution in [1.82, 2.24) is 0 Å². The van der Waals surface area contributed by atoms with Gasteiger partial charge in [0.15, 0.2) is 0 Å². The molecule has 0 saturated carbocycles. The molecule has 5 nitrogen and oxygen atoms in total. The van der Waals surface area contributed by atoms with E-state index < -0.39 is 5.91 Å². The van der Waals surface area contributed by atoms with Gasteiger partial charge in [-0.3, -0.25) is 9.59 Å². The third-order valence-corrected chi connectivity index (χ3v) is 4.39. The summed E-state index contributed by atoms with van der Waals surface area (Å²) >= 11 is 4.87. The van der Waals surface area contributed by atoms with Crippen LogP contribution in [-0.4, -0.2) is 29.9 Å². The fraction of sp³-hybridized carbons (Fsp3) is 0.176. The molecule has 7 heteroatoms. The third-order valence-electron chi connectivity index (χ3n) is 2.98. The predicted molar refractivity (Wildman–Crippen MR) is 101 cm³/mol. The largest absolute Gasteiger partial charge is 0.493 e. The molecule has 0 saturated heterocycles. The van der Waals surface area contributed by atoms with Crippen LogP contribution in [0.15, 0.2) is 53.0 Å². The number of ether oxygens (including phenoxy) is 1. The summed E-state index contributed by atoms with van der Waals surface area (Å²) in [6.07, 6.45) is 0. The average molecular weight is 409 g/mol. The van der Waals surface area contributed by atoms with Crippen molar-refractivity contribution in [3.8, 4) is 5.75 Å². The predicted octanol–water partition coefficient (Wildman–Crippen LogP) is 3.30. The number of carbonyl (C=O) groups is 2. The lowest BCUT2D eigenvalue weighted by atomic mass is 10.2. The number of nitrogens with two attached hydrogens (primary N) is 1. The molecule has 0 aliphatic rings. The molecular formula is C17H17BrN2O3S. The Morgan fingerprint density at radius 1 is 1.17 bits per heavy atom. The van der Waals surface area contributed by atoms with Gasteiger partial charge in [-0.1, -0.05) is 22.0 Å². The van der Waals surface area contributed by atoms with Gasteiger partial charge < -0.3 is 15.8 Å². The number of hydrogen-bond donors (Lipinski definition) is 2. The summed E-state index contributed by atoms with van der Waals surface area (Å²) in [5, 5.41) is 2.77. The zero-order valence-electron chi connectivity index (χ0n) is 12.8. The van der Waals surface area contributed by atoms with Gasteiger partial charge in [-0.2, -0.15) is 0 Å². The van der Waals surface area contributed by atoms with Gasteiger partial charge in [0, 0.05) is 21.5 Å². The van der Waals surface area contributed by atoms with E-state index in [4.69, 9.17) is 10.5 Å². The van der Waals surface area contributed by atoms with Crippen molar-refractivity contribution >= 4 is 45.2 Å². The molecule has 0 atom stereocenters. The van der Waals surface area contributed by atoms with Gasteiger partial charge in [-0.15, -0.1) is 11.8 Å². The van der Waals surface area contributed by atoms with Gasteiger partial charge in [0.25, 0.3) is 0 Å². The molecule has 0 unspecified atom stereocenters. The van der Waals surface area contributed by atoms with E-state index in [-0.39, 0.29) is 5.91 Å². The fourth-order valence-electron chi connectivity index (χ4n) is 1.85. The number of thioether (sulfide) groups is 1. The minimum atomic E-state index is -0.492. The summed E-state index contributed by atoms with van der Waals surface area (Å²) in [5.74, 6) is 1.24. The molecule has 0 heterocycles. The van der Waals surface area contributed by atoms with Crippen LogP contribution < -0.4 is 15.8 Å². The summed E-state index contributed by atoms with van der Waals surface area (Å²) in [7, 11) is 0. The topological polar surface area (TPSA) is 81.4 Å². The first-order valence-electron chi connectivity index (χ1n) is 7.20.